The quantitative estimate of drug-likeness (QED) is 0.748. The van der Waals surface area contributed by atoms with Crippen LogP contribution >= 0.6 is 27.5 Å². The number of alkyl halides is 1. The highest BCUT2D eigenvalue weighted by molar-refractivity contribution is 9.10. The molecule has 4 nitrogen and oxygen atoms in total. The smallest absolute Gasteiger partial charge is 0.246 e. The van der Waals surface area contributed by atoms with Crippen LogP contribution in [-0.2, 0) is 20.6 Å². The van der Waals surface area contributed by atoms with Crippen molar-refractivity contribution in [3.8, 4) is 0 Å². The molecule has 0 N–H and O–H groups in total. The summed E-state index contributed by atoms with van der Waals surface area (Å²) >= 11 is 8.82. The molecule has 0 saturated carbocycles. The number of benzene rings is 1. The third kappa shape index (κ3) is 3.01. The van der Waals surface area contributed by atoms with E-state index in [1.165, 1.54) is 23.5 Å². The van der Waals surface area contributed by atoms with Crippen LogP contribution in [0.4, 0.5) is 4.39 Å². The lowest BCUT2D eigenvalue weighted by Gasteiger charge is -2.18. The van der Waals surface area contributed by atoms with Gasteiger partial charge in [-0.3, -0.25) is 0 Å². The maximum Gasteiger partial charge on any atom is 0.246 e. The summed E-state index contributed by atoms with van der Waals surface area (Å²) in [5, 5.41) is 0. The fraction of sp³-hybridized carbons (Fsp3) is 0.500. The second kappa shape index (κ2) is 6.27. The fourth-order valence-corrected chi connectivity index (χ4v) is 4.62. The molecule has 20 heavy (non-hydrogen) atoms. The third-order valence-corrected chi connectivity index (χ3v) is 5.89. The molecule has 1 aliphatic heterocycles. The first-order valence-electron chi connectivity index (χ1n) is 5.97. The summed E-state index contributed by atoms with van der Waals surface area (Å²) in [6.07, 6.45) is 0.459. The van der Waals surface area contributed by atoms with Gasteiger partial charge >= 0.3 is 0 Å². The van der Waals surface area contributed by atoms with E-state index >= 15 is 0 Å². The molecular formula is C12H14BrClFNO3S. The molecule has 1 atom stereocenters. The van der Waals surface area contributed by atoms with Crippen LogP contribution in [0.3, 0.4) is 0 Å². The standard InChI is InChI=1S/C12H14BrClFNO3S/c1-19-10-2-3-16(7-10)20(17,18)11-5-9(13)4-8(6-14)12(11)15/h4-5,10H,2-3,6-7H2,1H3. The van der Waals surface area contributed by atoms with Gasteiger partial charge in [0.2, 0.25) is 10.0 Å². The highest BCUT2D eigenvalue weighted by atomic mass is 79.9. The number of hydrogen-bond donors (Lipinski definition) is 0. The Morgan fingerprint density at radius 1 is 1.55 bits per heavy atom. The number of rotatable bonds is 4. The van der Waals surface area contributed by atoms with Crippen molar-refractivity contribution in [1.29, 1.82) is 0 Å². The van der Waals surface area contributed by atoms with Crippen LogP contribution in [0.25, 0.3) is 0 Å². The second-order valence-corrected chi connectivity index (χ2v) is 7.61. The molecule has 0 radical (unpaired) electrons. The first-order chi connectivity index (χ1) is 9.40. The molecule has 1 aromatic carbocycles. The monoisotopic (exact) mass is 385 g/mol. The van der Waals surface area contributed by atoms with E-state index in [4.69, 9.17) is 16.3 Å². The molecule has 1 saturated heterocycles. The first-order valence-corrected chi connectivity index (χ1v) is 8.73. The fourth-order valence-electron chi connectivity index (χ4n) is 2.15. The van der Waals surface area contributed by atoms with E-state index in [-0.39, 0.29) is 29.0 Å². The van der Waals surface area contributed by atoms with Gasteiger partial charge in [-0.1, -0.05) is 15.9 Å². The summed E-state index contributed by atoms with van der Waals surface area (Å²) in [5.41, 5.74) is 0.155. The van der Waals surface area contributed by atoms with Gasteiger partial charge in [-0.2, -0.15) is 4.31 Å². The van der Waals surface area contributed by atoms with Crippen LogP contribution in [0.2, 0.25) is 0 Å². The third-order valence-electron chi connectivity index (χ3n) is 3.28. The zero-order valence-corrected chi connectivity index (χ0v) is 13.9. The zero-order valence-electron chi connectivity index (χ0n) is 10.8. The molecular weight excluding hydrogens is 373 g/mol. The van der Waals surface area contributed by atoms with Gasteiger partial charge in [0, 0.05) is 30.2 Å². The molecule has 1 heterocycles. The molecule has 1 aromatic rings. The summed E-state index contributed by atoms with van der Waals surface area (Å²) in [6.45, 7) is 0.560. The van der Waals surface area contributed by atoms with Crippen molar-refractivity contribution in [2.75, 3.05) is 20.2 Å². The average Bonchev–Trinajstić information content (AvgIpc) is 2.90. The minimum atomic E-state index is -3.88. The van der Waals surface area contributed by atoms with Gasteiger partial charge in [-0.05, 0) is 18.6 Å². The Kier molecular flexibility index (Phi) is 5.07. The number of ether oxygens (including phenoxy) is 1. The van der Waals surface area contributed by atoms with Crippen LogP contribution in [0.15, 0.2) is 21.5 Å². The molecule has 1 unspecified atom stereocenters. The summed E-state index contributed by atoms with van der Waals surface area (Å²) in [6, 6.07) is 2.74. The summed E-state index contributed by atoms with van der Waals surface area (Å²) < 4.78 is 46.1. The number of sulfonamides is 1. The van der Waals surface area contributed by atoms with Gasteiger partial charge in [-0.15, -0.1) is 11.6 Å². The molecule has 1 fully saturated rings. The zero-order chi connectivity index (χ0) is 14.9. The topological polar surface area (TPSA) is 46.6 Å². The van der Waals surface area contributed by atoms with Crippen molar-refractivity contribution >= 4 is 37.6 Å². The van der Waals surface area contributed by atoms with E-state index in [2.05, 4.69) is 15.9 Å². The number of methoxy groups -OCH3 is 1. The Labute approximate surface area is 131 Å². The Morgan fingerprint density at radius 3 is 2.80 bits per heavy atom. The lowest BCUT2D eigenvalue weighted by atomic mass is 10.2. The molecule has 2 rings (SSSR count). The molecule has 0 bridgehead atoms. The van der Waals surface area contributed by atoms with Gasteiger partial charge in [-0.25, -0.2) is 12.8 Å². The van der Waals surface area contributed by atoms with Gasteiger partial charge < -0.3 is 4.74 Å². The van der Waals surface area contributed by atoms with Crippen molar-refractivity contribution in [1.82, 2.24) is 4.31 Å². The number of nitrogens with zero attached hydrogens (tertiary/aromatic N) is 1. The van der Waals surface area contributed by atoms with Crippen molar-refractivity contribution < 1.29 is 17.5 Å². The SMILES string of the molecule is COC1CCN(S(=O)(=O)c2cc(Br)cc(CCl)c2F)C1. The van der Waals surface area contributed by atoms with Crippen LogP contribution in [-0.4, -0.2) is 39.0 Å². The van der Waals surface area contributed by atoms with Crippen molar-refractivity contribution in [3.63, 3.8) is 0 Å². The number of hydrogen-bond acceptors (Lipinski definition) is 3. The van der Waals surface area contributed by atoms with E-state index < -0.39 is 15.8 Å². The predicted molar refractivity (Wildman–Crippen MR) is 77.8 cm³/mol. The van der Waals surface area contributed by atoms with Crippen molar-refractivity contribution in [2.24, 2.45) is 0 Å². The van der Waals surface area contributed by atoms with Gasteiger partial charge in [0.1, 0.15) is 10.7 Å². The van der Waals surface area contributed by atoms with E-state index in [1.807, 2.05) is 0 Å². The summed E-state index contributed by atoms with van der Waals surface area (Å²) in [7, 11) is -2.34. The molecule has 1 aliphatic rings. The van der Waals surface area contributed by atoms with E-state index in [0.717, 1.165) is 0 Å². The first kappa shape index (κ1) is 16.2. The van der Waals surface area contributed by atoms with Gasteiger partial charge in [0.15, 0.2) is 0 Å². The minimum Gasteiger partial charge on any atom is -0.380 e. The largest absolute Gasteiger partial charge is 0.380 e. The normalized spacial score (nSPS) is 20.5. The number of halogens is 3. The highest BCUT2D eigenvalue weighted by Gasteiger charge is 2.34. The Balaban J connectivity index is 2.42. The van der Waals surface area contributed by atoms with Crippen LogP contribution < -0.4 is 0 Å². The highest BCUT2D eigenvalue weighted by Crippen LogP contribution is 2.29. The summed E-state index contributed by atoms with van der Waals surface area (Å²) in [5.74, 6) is -0.877. The maximum atomic E-state index is 14.2. The van der Waals surface area contributed by atoms with E-state index in [1.54, 1.807) is 0 Å². The summed E-state index contributed by atoms with van der Waals surface area (Å²) in [4.78, 5) is -0.348. The van der Waals surface area contributed by atoms with Gasteiger partial charge in [0.25, 0.3) is 0 Å². The molecule has 0 spiro atoms. The molecule has 8 heteroatoms. The Bertz CT molecular complexity index is 611. The van der Waals surface area contributed by atoms with Crippen LogP contribution in [0.1, 0.15) is 12.0 Å². The van der Waals surface area contributed by atoms with E-state index in [0.29, 0.717) is 17.4 Å². The Hall–Kier alpha value is -0.210. The van der Waals surface area contributed by atoms with Crippen LogP contribution in [0, 0.1) is 5.82 Å². The molecule has 0 aromatic heterocycles. The minimum absolute atomic E-state index is 0.0888. The lowest BCUT2D eigenvalue weighted by molar-refractivity contribution is 0.115. The predicted octanol–water partition coefficient (Wildman–Crippen LogP) is 2.74. The average molecular weight is 387 g/mol. The van der Waals surface area contributed by atoms with Crippen LogP contribution in [0.5, 0.6) is 0 Å². The maximum absolute atomic E-state index is 14.2. The lowest BCUT2D eigenvalue weighted by Crippen LogP contribution is -2.31. The van der Waals surface area contributed by atoms with Crippen molar-refractivity contribution in [3.05, 3.63) is 28.0 Å². The molecule has 0 amide bonds. The molecule has 112 valence electrons. The van der Waals surface area contributed by atoms with E-state index in [9.17, 15) is 12.8 Å². The Morgan fingerprint density at radius 2 is 2.25 bits per heavy atom. The van der Waals surface area contributed by atoms with Crippen molar-refractivity contribution in [2.45, 2.75) is 23.3 Å². The van der Waals surface area contributed by atoms with Gasteiger partial charge in [0.05, 0.1) is 12.0 Å². The second-order valence-electron chi connectivity index (χ2n) is 4.52. The molecule has 0 aliphatic carbocycles.